The first kappa shape index (κ1) is 14.7. The molecule has 2 aromatic rings. The van der Waals surface area contributed by atoms with Crippen LogP contribution in [-0.4, -0.2) is 22.0 Å². The van der Waals surface area contributed by atoms with Crippen LogP contribution in [0.1, 0.15) is 49.7 Å². The first-order valence-corrected chi connectivity index (χ1v) is 7.36. The van der Waals surface area contributed by atoms with Gasteiger partial charge in [-0.05, 0) is 51.4 Å². The molecular formula is C16H24N4. The Morgan fingerprint density at radius 1 is 1.25 bits per heavy atom. The molecule has 2 rings (SSSR count). The molecule has 20 heavy (non-hydrogen) atoms. The van der Waals surface area contributed by atoms with Gasteiger partial charge in [-0.2, -0.15) is 0 Å². The predicted octanol–water partition coefficient (Wildman–Crippen LogP) is 3.20. The number of hydrogen-bond acceptors (Lipinski definition) is 3. The van der Waals surface area contributed by atoms with Gasteiger partial charge in [0.25, 0.3) is 0 Å². The van der Waals surface area contributed by atoms with Crippen LogP contribution in [0.4, 0.5) is 0 Å². The molecule has 0 saturated heterocycles. The van der Waals surface area contributed by atoms with Gasteiger partial charge in [-0.25, -0.2) is 4.68 Å². The van der Waals surface area contributed by atoms with Crippen LogP contribution >= 0.6 is 0 Å². The van der Waals surface area contributed by atoms with Crippen LogP contribution in [-0.2, 0) is 6.42 Å². The molecule has 1 unspecified atom stereocenters. The Morgan fingerprint density at radius 3 is 2.55 bits per heavy atom. The summed E-state index contributed by atoms with van der Waals surface area (Å²) < 4.78 is 1.91. The highest BCUT2D eigenvalue weighted by Gasteiger charge is 2.14. The third kappa shape index (κ3) is 3.07. The van der Waals surface area contributed by atoms with E-state index in [9.17, 15) is 0 Å². The maximum Gasteiger partial charge on any atom is 0.103 e. The van der Waals surface area contributed by atoms with E-state index in [1.807, 2.05) is 11.7 Å². The molecule has 0 saturated carbocycles. The van der Waals surface area contributed by atoms with E-state index >= 15 is 0 Å². The van der Waals surface area contributed by atoms with Crippen molar-refractivity contribution in [1.82, 2.24) is 20.3 Å². The zero-order valence-electron chi connectivity index (χ0n) is 12.8. The molecule has 0 amide bonds. The van der Waals surface area contributed by atoms with Crippen molar-refractivity contribution in [2.24, 2.45) is 0 Å². The third-order valence-electron chi connectivity index (χ3n) is 3.77. The van der Waals surface area contributed by atoms with Gasteiger partial charge >= 0.3 is 0 Å². The van der Waals surface area contributed by atoms with E-state index in [2.05, 4.69) is 60.7 Å². The predicted molar refractivity (Wildman–Crippen MR) is 82.2 cm³/mol. The Balaban J connectivity index is 2.21. The molecule has 1 heterocycles. The third-order valence-corrected chi connectivity index (χ3v) is 3.77. The van der Waals surface area contributed by atoms with Crippen LogP contribution in [0, 0.1) is 6.92 Å². The number of nitrogens with one attached hydrogen (secondary N) is 1. The van der Waals surface area contributed by atoms with Gasteiger partial charge in [-0.1, -0.05) is 30.7 Å². The van der Waals surface area contributed by atoms with Crippen molar-refractivity contribution in [2.45, 2.75) is 46.1 Å². The van der Waals surface area contributed by atoms with E-state index in [1.54, 1.807) is 0 Å². The summed E-state index contributed by atoms with van der Waals surface area (Å²) >= 11 is 0. The van der Waals surface area contributed by atoms with E-state index < -0.39 is 0 Å². The lowest BCUT2D eigenvalue weighted by Crippen LogP contribution is -2.14. The molecule has 0 aliphatic carbocycles. The van der Waals surface area contributed by atoms with Gasteiger partial charge in [0, 0.05) is 0 Å². The van der Waals surface area contributed by atoms with Gasteiger partial charge in [0.2, 0.25) is 0 Å². The highest BCUT2D eigenvalue weighted by molar-refractivity contribution is 5.36. The molecule has 1 N–H and O–H groups in total. The second-order valence-electron chi connectivity index (χ2n) is 5.25. The molecule has 4 nitrogen and oxygen atoms in total. The molecular weight excluding hydrogens is 248 g/mol. The van der Waals surface area contributed by atoms with Crippen LogP contribution in [0.3, 0.4) is 0 Å². The van der Waals surface area contributed by atoms with Crippen molar-refractivity contribution >= 4 is 0 Å². The number of hydrogen-bond donors (Lipinski definition) is 1. The molecule has 0 spiro atoms. The zero-order valence-corrected chi connectivity index (χ0v) is 12.8. The average Bonchev–Trinajstić information content (AvgIpc) is 2.86. The first-order chi connectivity index (χ1) is 9.67. The first-order valence-electron chi connectivity index (χ1n) is 7.36. The van der Waals surface area contributed by atoms with Gasteiger partial charge in [-0.3, -0.25) is 0 Å². The summed E-state index contributed by atoms with van der Waals surface area (Å²) in [5.41, 5.74) is 4.55. The Hall–Kier alpha value is -1.68. The van der Waals surface area contributed by atoms with Crippen LogP contribution in [0.2, 0.25) is 0 Å². The smallest absolute Gasteiger partial charge is 0.103 e. The largest absolute Gasteiger partial charge is 0.312 e. The Bertz CT molecular complexity index is 542. The fourth-order valence-corrected chi connectivity index (χ4v) is 2.31. The van der Waals surface area contributed by atoms with Gasteiger partial charge in [-0.15, -0.1) is 5.10 Å². The van der Waals surface area contributed by atoms with Crippen molar-refractivity contribution in [3.8, 4) is 5.69 Å². The van der Waals surface area contributed by atoms with E-state index in [0.29, 0.717) is 0 Å². The fraction of sp³-hybridized carbons (Fsp3) is 0.500. The Kier molecular flexibility index (Phi) is 4.90. The van der Waals surface area contributed by atoms with Crippen molar-refractivity contribution in [3.63, 3.8) is 0 Å². The maximum absolute atomic E-state index is 4.29. The highest BCUT2D eigenvalue weighted by Crippen LogP contribution is 2.18. The zero-order chi connectivity index (χ0) is 14.5. The number of benzene rings is 1. The van der Waals surface area contributed by atoms with Gasteiger partial charge in [0.05, 0.1) is 17.4 Å². The normalized spacial score (nSPS) is 12.6. The summed E-state index contributed by atoms with van der Waals surface area (Å²) in [7, 11) is 1.94. The SMILES string of the molecule is CCCCc1ccc(-n2nnc(C(C)NC)c2C)cc1. The van der Waals surface area contributed by atoms with E-state index in [1.165, 1.54) is 18.4 Å². The van der Waals surface area contributed by atoms with Crippen LogP contribution < -0.4 is 5.32 Å². The molecule has 0 bridgehead atoms. The lowest BCUT2D eigenvalue weighted by Gasteiger charge is -2.09. The van der Waals surface area contributed by atoms with Crippen LogP contribution in [0.25, 0.3) is 5.69 Å². The summed E-state index contributed by atoms with van der Waals surface area (Å²) in [6, 6.07) is 8.84. The molecule has 1 aromatic heterocycles. The van der Waals surface area contributed by atoms with E-state index in [4.69, 9.17) is 0 Å². The van der Waals surface area contributed by atoms with Crippen molar-refractivity contribution < 1.29 is 0 Å². The second kappa shape index (κ2) is 6.66. The summed E-state index contributed by atoms with van der Waals surface area (Å²) in [4.78, 5) is 0. The van der Waals surface area contributed by atoms with Crippen molar-refractivity contribution in [2.75, 3.05) is 7.05 Å². The van der Waals surface area contributed by atoms with Gasteiger partial charge in [0.1, 0.15) is 5.69 Å². The highest BCUT2D eigenvalue weighted by atomic mass is 15.4. The number of aryl methyl sites for hydroxylation is 1. The van der Waals surface area contributed by atoms with Gasteiger partial charge < -0.3 is 5.32 Å². The molecule has 4 heteroatoms. The summed E-state index contributed by atoms with van der Waals surface area (Å²) in [5.74, 6) is 0. The molecule has 0 radical (unpaired) electrons. The molecule has 1 aromatic carbocycles. The van der Waals surface area contributed by atoms with Gasteiger partial charge in [0.15, 0.2) is 0 Å². The summed E-state index contributed by atoms with van der Waals surface area (Å²) in [6.45, 7) is 6.38. The number of aromatic nitrogens is 3. The quantitative estimate of drug-likeness (QED) is 0.878. The average molecular weight is 272 g/mol. The Morgan fingerprint density at radius 2 is 1.95 bits per heavy atom. The standard InChI is InChI=1S/C16H24N4/c1-5-6-7-14-8-10-15(11-9-14)20-13(3)16(18-19-20)12(2)17-4/h8-12,17H,5-7H2,1-4H3. The Labute approximate surface area is 121 Å². The molecule has 0 aliphatic heterocycles. The van der Waals surface area contributed by atoms with E-state index in [-0.39, 0.29) is 6.04 Å². The monoisotopic (exact) mass is 272 g/mol. The number of nitrogens with zero attached hydrogens (tertiary/aromatic N) is 3. The lowest BCUT2D eigenvalue weighted by molar-refractivity contribution is 0.627. The maximum atomic E-state index is 4.29. The lowest BCUT2D eigenvalue weighted by atomic mass is 10.1. The minimum atomic E-state index is 0.215. The second-order valence-corrected chi connectivity index (χ2v) is 5.25. The van der Waals surface area contributed by atoms with Crippen LogP contribution in [0.5, 0.6) is 0 Å². The van der Waals surface area contributed by atoms with Crippen LogP contribution in [0.15, 0.2) is 24.3 Å². The summed E-state index contributed by atoms with van der Waals surface area (Å²) in [5, 5.41) is 11.8. The summed E-state index contributed by atoms with van der Waals surface area (Å²) in [6.07, 6.45) is 3.62. The number of rotatable bonds is 6. The molecule has 0 fully saturated rings. The van der Waals surface area contributed by atoms with Crippen molar-refractivity contribution in [1.29, 1.82) is 0 Å². The topological polar surface area (TPSA) is 42.7 Å². The fourth-order valence-electron chi connectivity index (χ4n) is 2.31. The molecule has 108 valence electrons. The number of unbranched alkanes of at least 4 members (excludes halogenated alkanes) is 1. The minimum Gasteiger partial charge on any atom is -0.312 e. The molecule has 1 atom stereocenters. The minimum absolute atomic E-state index is 0.215. The van der Waals surface area contributed by atoms with E-state index in [0.717, 1.165) is 23.5 Å². The van der Waals surface area contributed by atoms with Crippen molar-refractivity contribution in [3.05, 3.63) is 41.2 Å². The molecule has 0 aliphatic rings.